The zero-order valence-electron chi connectivity index (χ0n) is 11.8. The molecule has 1 fully saturated rings. The largest absolute Gasteiger partial charge is 0.396 e. The van der Waals surface area contributed by atoms with Gasteiger partial charge in [-0.1, -0.05) is 11.3 Å². The first-order valence-corrected chi connectivity index (χ1v) is 7.82. The fourth-order valence-corrected chi connectivity index (χ4v) is 2.82. The lowest BCUT2D eigenvalue weighted by Crippen LogP contribution is -2.27. The Balaban J connectivity index is 1.88. The van der Waals surface area contributed by atoms with Crippen molar-refractivity contribution in [2.45, 2.75) is 38.1 Å². The number of nitrogens with one attached hydrogen (secondary N) is 1. The molecule has 1 amide bonds. The predicted molar refractivity (Wildman–Crippen MR) is 81.1 cm³/mol. The van der Waals surface area contributed by atoms with Crippen LogP contribution in [0.3, 0.4) is 0 Å². The molecule has 0 atom stereocenters. The third-order valence-corrected chi connectivity index (χ3v) is 4.24. The normalized spacial score (nSPS) is 14.3. The summed E-state index contributed by atoms with van der Waals surface area (Å²) in [6.07, 6.45) is 4.90. The molecule has 1 aromatic heterocycles. The fourth-order valence-electron chi connectivity index (χ4n) is 1.86. The monoisotopic (exact) mass is 298 g/mol. The number of aliphatic hydroxyl groups is 1. The minimum Gasteiger partial charge on any atom is -0.396 e. The molecule has 7 heteroatoms. The number of nitrogen functional groups attached to an aromatic ring is 1. The van der Waals surface area contributed by atoms with Crippen molar-refractivity contribution in [3.8, 4) is 0 Å². The van der Waals surface area contributed by atoms with E-state index in [1.165, 1.54) is 11.3 Å². The molecule has 20 heavy (non-hydrogen) atoms. The number of rotatable bonds is 8. The van der Waals surface area contributed by atoms with Crippen molar-refractivity contribution in [3.05, 3.63) is 4.88 Å². The Morgan fingerprint density at radius 3 is 2.90 bits per heavy atom. The SMILES string of the molecule is CN(CCCCCO)C(=O)c1sc(NC2CC2)nc1N. The minimum atomic E-state index is -0.0761. The van der Waals surface area contributed by atoms with Gasteiger partial charge in [-0.3, -0.25) is 4.79 Å². The Bertz CT molecular complexity index is 459. The van der Waals surface area contributed by atoms with E-state index in [0.29, 0.717) is 23.3 Å². The predicted octanol–water partition coefficient (Wildman–Crippen LogP) is 1.53. The summed E-state index contributed by atoms with van der Waals surface area (Å²) in [5.74, 6) is 0.234. The Hall–Kier alpha value is -1.34. The molecule has 0 unspecified atom stereocenters. The molecule has 1 heterocycles. The number of aliphatic hydroxyl groups excluding tert-OH is 1. The molecule has 2 rings (SSSR count). The fraction of sp³-hybridized carbons (Fsp3) is 0.692. The highest BCUT2D eigenvalue weighted by Crippen LogP contribution is 2.31. The molecular formula is C13H22N4O2S. The maximum atomic E-state index is 12.3. The first kappa shape index (κ1) is 15.1. The summed E-state index contributed by atoms with van der Waals surface area (Å²) in [7, 11) is 1.77. The molecule has 1 aliphatic rings. The summed E-state index contributed by atoms with van der Waals surface area (Å²) in [4.78, 5) is 18.7. The summed E-state index contributed by atoms with van der Waals surface area (Å²) < 4.78 is 0. The van der Waals surface area contributed by atoms with Crippen LogP contribution in [0.25, 0.3) is 0 Å². The quantitative estimate of drug-likeness (QED) is 0.633. The van der Waals surface area contributed by atoms with Gasteiger partial charge in [-0.15, -0.1) is 0 Å². The number of aromatic nitrogens is 1. The van der Waals surface area contributed by atoms with E-state index in [1.807, 2.05) is 0 Å². The van der Waals surface area contributed by atoms with Crippen LogP contribution in [0.2, 0.25) is 0 Å². The third-order valence-electron chi connectivity index (χ3n) is 3.25. The van der Waals surface area contributed by atoms with Crippen molar-refractivity contribution >= 4 is 28.2 Å². The Morgan fingerprint density at radius 2 is 2.25 bits per heavy atom. The maximum Gasteiger partial charge on any atom is 0.267 e. The van der Waals surface area contributed by atoms with E-state index in [-0.39, 0.29) is 12.5 Å². The van der Waals surface area contributed by atoms with Crippen molar-refractivity contribution in [2.75, 3.05) is 31.2 Å². The van der Waals surface area contributed by atoms with Crippen LogP contribution in [0.4, 0.5) is 10.9 Å². The van der Waals surface area contributed by atoms with Gasteiger partial charge in [-0.2, -0.15) is 0 Å². The van der Waals surface area contributed by atoms with Crippen LogP contribution in [-0.4, -0.2) is 47.1 Å². The van der Waals surface area contributed by atoms with Crippen molar-refractivity contribution in [2.24, 2.45) is 0 Å². The highest BCUT2D eigenvalue weighted by molar-refractivity contribution is 7.18. The van der Waals surface area contributed by atoms with Crippen LogP contribution >= 0.6 is 11.3 Å². The van der Waals surface area contributed by atoms with Crippen LogP contribution in [-0.2, 0) is 0 Å². The molecule has 0 aliphatic heterocycles. The number of carbonyl (C=O) groups is 1. The molecule has 6 nitrogen and oxygen atoms in total. The molecule has 1 saturated carbocycles. The van der Waals surface area contributed by atoms with Crippen molar-refractivity contribution in [3.63, 3.8) is 0 Å². The molecule has 1 aliphatic carbocycles. The van der Waals surface area contributed by atoms with E-state index >= 15 is 0 Å². The minimum absolute atomic E-state index is 0.0761. The first-order chi connectivity index (χ1) is 9.61. The van der Waals surface area contributed by atoms with E-state index in [2.05, 4.69) is 10.3 Å². The number of amides is 1. The molecule has 1 aromatic rings. The average Bonchev–Trinajstić information content (AvgIpc) is 3.16. The van der Waals surface area contributed by atoms with Gasteiger partial charge in [0, 0.05) is 26.2 Å². The van der Waals surface area contributed by atoms with E-state index in [1.54, 1.807) is 11.9 Å². The second-order valence-electron chi connectivity index (χ2n) is 5.16. The number of anilines is 2. The highest BCUT2D eigenvalue weighted by atomic mass is 32.1. The molecule has 0 aromatic carbocycles. The molecule has 0 radical (unpaired) electrons. The van der Waals surface area contributed by atoms with E-state index in [9.17, 15) is 4.79 Å². The Morgan fingerprint density at radius 1 is 1.50 bits per heavy atom. The number of thiazole rings is 1. The molecular weight excluding hydrogens is 276 g/mol. The summed E-state index contributed by atoms with van der Waals surface area (Å²) in [6, 6.07) is 0.500. The van der Waals surface area contributed by atoms with Gasteiger partial charge < -0.3 is 21.1 Å². The lowest BCUT2D eigenvalue weighted by Gasteiger charge is -2.15. The number of nitrogens with zero attached hydrogens (tertiary/aromatic N) is 2. The number of hydrogen-bond donors (Lipinski definition) is 3. The van der Waals surface area contributed by atoms with Crippen LogP contribution < -0.4 is 11.1 Å². The van der Waals surface area contributed by atoms with E-state index in [4.69, 9.17) is 10.8 Å². The topological polar surface area (TPSA) is 91.5 Å². The van der Waals surface area contributed by atoms with Crippen molar-refractivity contribution in [1.82, 2.24) is 9.88 Å². The smallest absolute Gasteiger partial charge is 0.267 e. The van der Waals surface area contributed by atoms with Gasteiger partial charge in [0.1, 0.15) is 10.7 Å². The van der Waals surface area contributed by atoms with Gasteiger partial charge in [0.25, 0.3) is 5.91 Å². The molecule has 0 saturated heterocycles. The average molecular weight is 298 g/mol. The summed E-state index contributed by atoms with van der Waals surface area (Å²) in [5, 5.41) is 12.7. The van der Waals surface area contributed by atoms with Crippen molar-refractivity contribution < 1.29 is 9.90 Å². The zero-order valence-corrected chi connectivity index (χ0v) is 12.6. The zero-order chi connectivity index (χ0) is 14.5. The standard InChI is InChI=1S/C13H22N4O2S/c1-17(7-3-2-4-8-18)12(19)10-11(14)16-13(20-10)15-9-5-6-9/h9,18H,2-8,14H2,1H3,(H,15,16). The molecule has 0 spiro atoms. The second-order valence-corrected chi connectivity index (χ2v) is 6.16. The van der Waals surface area contributed by atoms with Gasteiger partial charge in [-0.25, -0.2) is 4.98 Å². The summed E-state index contributed by atoms with van der Waals surface area (Å²) in [6.45, 7) is 0.872. The summed E-state index contributed by atoms with van der Waals surface area (Å²) >= 11 is 1.33. The highest BCUT2D eigenvalue weighted by Gasteiger charge is 2.25. The number of unbranched alkanes of at least 4 members (excludes halogenated alkanes) is 2. The van der Waals surface area contributed by atoms with Crippen LogP contribution in [0.5, 0.6) is 0 Å². The number of hydrogen-bond acceptors (Lipinski definition) is 6. The van der Waals surface area contributed by atoms with Gasteiger partial charge in [-0.05, 0) is 32.1 Å². The van der Waals surface area contributed by atoms with Gasteiger partial charge in [0.2, 0.25) is 0 Å². The maximum absolute atomic E-state index is 12.3. The van der Waals surface area contributed by atoms with Gasteiger partial charge in [0.15, 0.2) is 5.13 Å². The van der Waals surface area contributed by atoms with E-state index in [0.717, 1.165) is 37.2 Å². The van der Waals surface area contributed by atoms with Crippen LogP contribution in [0, 0.1) is 0 Å². The third kappa shape index (κ3) is 4.08. The first-order valence-electron chi connectivity index (χ1n) is 7.01. The molecule has 4 N–H and O–H groups in total. The van der Waals surface area contributed by atoms with Crippen molar-refractivity contribution in [1.29, 1.82) is 0 Å². The van der Waals surface area contributed by atoms with Gasteiger partial charge >= 0.3 is 0 Å². The molecule has 112 valence electrons. The lowest BCUT2D eigenvalue weighted by atomic mass is 10.2. The van der Waals surface area contributed by atoms with Crippen LogP contribution in [0.1, 0.15) is 41.8 Å². The van der Waals surface area contributed by atoms with Gasteiger partial charge in [0.05, 0.1) is 0 Å². The Kier molecular flexibility index (Phi) is 5.19. The number of carbonyl (C=O) groups excluding carboxylic acids is 1. The van der Waals surface area contributed by atoms with E-state index < -0.39 is 0 Å². The second kappa shape index (κ2) is 6.90. The van der Waals surface area contributed by atoms with Crippen LogP contribution in [0.15, 0.2) is 0 Å². The number of nitrogens with two attached hydrogens (primary N) is 1. The Labute approximate surface area is 123 Å². The summed E-state index contributed by atoms with van der Waals surface area (Å²) in [5.41, 5.74) is 5.83. The lowest BCUT2D eigenvalue weighted by molar-refractivity contribution is 0.0797. The molecule has 0 bridgehead atoms.